The number of amides is 2. The van der Waals surface area contributed by atoms with Gasteiger partial charge in [-0.3, -0.25) is 4.98 Å². The second kappa shape index (κ2) is 7.53. The smallest absolute Gasteiger partial charge is 0.321 e. The molecule has 3 aromatic rings. The number of piperidine rings is 1. The van der Waals surface area contributed by atoms with Crippen LogP contribution in [0.15, 0.2) is 53.3 Å². The van der Waals surface area contributed by atoms with Crippen LogP contribution in [-0.4, -0.2) is 39.1 Å². The van der Waals surface area contributed by atoms with Gasteiger partial charge in [-0.1, -0.05) is 5.16 Å². The Balaban J connectivity index is 1.44. The highest BCUT2D eigenvalue weighted by atomic mass is 19.1. The Hall–Kier alpha value is -3.29. The molecule has 1 N–H and O–H groups in total. The summed E-state index contributed by atoms with van der Waals surface area (Å²) in [6.45, 7) is 1.17. The van der Waals surface area contributed by atoms with E-state index in [-0.39, 0.29) is 17.8 Å². The van der Waals surface area contributed by atoms with Gasteiger partial charge in [0, 0.05) is 24.8 Å². The second-order valence-electron chi connectivity index (χ2n) is 6.42. The van der Waals surface area contributed by atoms with Crippen LogP contribution in [-0.2, 0) is 0 Å². The summed E-state index contributed by atoms with van der Waals surface area (Å²) in [5.41, 5.74) is 1.34. The zero-order valence-electron chi connectivity index (χ0n) is 14.5. The van der Waals surface area contributed by atoms with Gasteiger partial charge in [-0.05, 0) is 49.2 Å². The van der Waals surface area contributed by atoms with E-state index in [0.29, 0.717) is 36.1 Å². The van der Waals surface area contributed by atoms with Crippen LogP contribution in [0, 0.1) is 5.82 Å². The molecule has 7 nitrogen and oxygen atoms in total. The van der Waals surface area contributed by atoms with Gasteiger partial charge >= 0.3 is 6.03 Å². The average molecular weight is 367 g/mol. The summed E-state index contributed by atoms with van der Waals surface area (Å²) in [6, 6.07) is 9.32. The molecule has 0 spiro atoms. The SMILES string of the molecule is O=C(Nc1cccnc1)N1CCCC(c2nc(-c3ccc(F)cc3)no2)C1. The predicted octanol–water partition coefficient (Wildman–Crippen LogP) is 3.68. The van der Waals surface area contributed by atoms with Crippen molar-refractivity contribution < 1.29 is 13.7 Å². The fourth-order valence-corrected chi connectivity index (χ4v) is 3.12. The lowest BCUT2D eigenvalue weighted by Gasteiger charge is -2.31. The van der Waals surface area contributed by atoms with E-state index in [1.165, 1.54) is 12.1 Å². The van der Waals surface area contributed by atoms with Gasteiger partial charge in [0.25, 0.3) is 0 Å². The number of anilines is 1. The van der Waals surface area contributed by atoms with Crippen LogP contribution in [0.1, 0.15) is 24.7 Å². The van der Waals surface area contributed by atoms with E-state index in [9.17, 15) is 9.18 Å². The van der Waals surface area contributed by atoms with Gasteiger partial charge in [-0.25, -0.2) is 9.18 Å². The first kappa shape index (κ1) is 17.1. The van der Waals surface area contributed by atoms with Crippen molar-refractivity contribution >= 4 is 11.7 Å². The molecule has 4 rings (SSSR count). The lowest BCUT2D eigenvalue weighted by molar-refractivity contribution is 0.184. The molecular weight excluding hydrogens is 349 g/mol. The molecule has 2 aromatic heterocycles. The van der Waals surface area contributed by atoms with Crippen molar-refractivity contribution in [2.24, 2.45) is 0 Å². The number of aromatic nitrogens is 3. The molecule has 3 heterocycles. The zero-order chi connectivity index (χ0) is 18.6. The first-order valence-corrected chi connectivity index (χ1v) is 8.74. The number of nitrogens with zero attached hydrogens (tertiary/aromatic N) is 4. The molecule has 138 valence electrons. The van der Waals surface area contributed by atoms with Crippen molar-refractivity contribution in [2.75, 3.05) is 18.4 Å². The Morgan fingerprint density at radius 2 is 2.11 bits per heavy atom. The molecule has 1 aliphatic heterocycles. The first-order valence-electron chi connectivity index (χ1n) is 8.74. The highest BCUT2D eigenvalue weighted by Crippen LogP contribution is 2.28. The third-order valence-corrected chi connectivity index (χ3v) is 4.51. The summed E-state index contributed by atoms with van der Waals surface area (Å²) in [4.78, 5) is 22.7. The second-order valence-corrected chi connectivity index (χ2v) is 6.42. The molecule has 8 heteroatoms. The predicted molar refractivity (Wildman–Crippen MR) is 96.5 cm³/mol. The van der Waals surface area contributed by atoms with Crippen LogP contribution in [0.25, 0.3) is 11.4 Å². The average Bonchev–Trinajstić information content (AvgIpc) is 3.20. The minimum Gasteiger partial charge on any atom is -0.339 e. The number of halogens is 1. The van der Waals surface area contributed by atoms with Crippen molar-refractivity contribution in [3.05, 3.63) is 60.5 Å². The zero-order valence-corrected chi connectivity index (χ0v) is 14.5. The van der Waals surface area contributed by atoms with Crippen molar-refractivity contribution in [1.29, 1.82) is 0 Å². The summed E-state index contributed by atoms with van der Waals surface area (Å²) in [7, 11) is 0. The topological polar surface area (TPSA) is 84.2 Å². The third-order valence-electron chi connectivity index (χ3n) is 4.51. The number of benzene rings is 1. The largest absolute Gasteiger partial charge is 0.339 e. The van der Waals surface area contributed by atoms with Crippen LogP contribution in [0.4, 0.5) is 14.9 Å². The summed E-state index contributed by atoms with van der Waals surface area (Å²) in [5, 5.41) is 6.84. The van der Waals surface area contributed by atoms with E-state index < -0.39 is 0 Å². The Kier molecular flexibility index (Phi) is 4.78. The minimum atomic E-state index is -0.315. The maximum atomic E-state index is 13.1. The lowest BCUT2D eigenvalue weighted by Crippen LogP contribution is -2.41. The van der Waals surface area contributed by atoms with E-state index >= 15 is 0 Å². The number of carbonyl (C=O) groups is 1. The molecule has 1 aliphatic rings. The number of likely N-dealkylation sites (tertiary alicyclic amines) is 1. The Morgan fingerprint density at radius 3 is 2.89 bits per heavy atom. The number of pyridine rings is 1. The summed E-state index contributed by atoms with van der Waals surface area (Å²) in [6.07, 6.45) is 4.97. The third kappa shape index (κ3) is 3.94. The fourth-order valence-electron chi connectivity index (χ4n) is 3.12. The van der Waals surface area contributed by atoms with Crippen LogP contribution in [0.3, 0.4) is 0 Å². The van der Waals surface area contributed by atoms with Gasteiger partial charge in [0.1, 0.15) is 5.82 Å². The molecule has 0 bridgehead atoms. The van der Waals surface area contributed by atoms with Crippen LogP contribution in [0.5, 0.6) is 0 Å². The standard InChI is InChI=1S/C19H18FN5O2/c20-15-7-5-13(6-8-15)17-23-18(27-24-17)14-3-2-10-25(12-14)19(26)22-16-4-1-9-21-11-16/h1,4-9,11,14H,2-3,10,12H2,(H,22,26). The first-order chi connectivity index (χ1) is 13.2. The molecule has 0 radical (unpaired) electrons. The monoisotopic (exact) mass is 367 g/mol. The molecular formula is C19H18FN5O2. The fraction of sp³-hybridized carbons (Fsp3) is 0.263. The van der Waals surface area contributed by atoms with E-state index in [4.69, 9.17) is 4.52 Å². The maximum Gasteiger partial charge on any atom is 0.321 e. The van der Waals surface area contributed by atoms with Crippen molar-refractivity contribution in [3.8, 4) is 11.4 Å². The van der Waals surface area contributed by atoms with Gasteiger partial charge in [-0.2, -0.15) is 4.98 Å². The summed E-state index contributed by atoms with van der Waals surface area (Å²) in [5.74, 6) is 0.570. The Bertz CT molecular complexity index is 913. The van der Waals surface area contributed by atoms with Crippen LogP contribution in [0.2, 0.25) is 0 Å². The molecule has 2 amide bonds. The van der Waals surface area contributed by atoms with Gasteiger partial charge in [-0.15, -0.1) is 0 Å². The normalized spacial score (nSPS) is 16.9. The molecule has 1 fully saturated rings. The number of hydrogen-bond acceptors (Lipinski definition) is 5. The van der Waals surface area contributed by atoms with Crippen LogP contribution >= 0.6 is 0 Å². The molecule has 1 unspecified atom stereocenters. The van der Waals surface area contributed by atoms with Gasteiger partial charge < -0.3 is 14.7 Å². The molecule has 0 aliphatic carbocycles. The minimum absolute atomic E-state index is 0.0277. The highest BCUT2D eigenvalue weighted by Gasteiger charge is 2.28. The molecule has 1 saturated heterocycles. The number of carbonyl (C=O) groups excluding carboxylic acids is 1. The lowest BCUT2D eigenvalue weighted by atomic mass is 9.98. The molecule has 27 heavy (non-hydrogen) atoms. The Morgan fingerprint density at radius 1 is 1.26 bits per heavy atom. The van der Waals surface area contributed by atoms with Crippen molar-refractivity contribution in [3.63, 3.8) is 0 Å². The maximum absolute atomic E-state index is 13.1. The van der Waals surface area contributed by atoms with Crippen molar-refractivity contribution in [1.82, 2.24) is 20.0 Å². The van der Waals surface area contributed by atoms with Gasteiger partial charge in [0.15, 0.2) is 0 Å². The summed E-state index contributed by atoms with van der Waals surface area (Å²) < 4.78 is 18.5. The van der Waals surface area contributed by atoms with E-state index in [2.05, 4.69) is 20.4 Å². The quantitative estimate of drug-likeness (QED) is 0.763. The number of rotatable bonds is 3. The van der Waals surface area contributed by atoms with E-state index in [1.807, 2.05) is 0 Å². The number of nitrogens with one attached hydrogen (secondary N) is 1. The molecule has 1 aromatic carbocycles. The van der Waals surface area contributed by atoms with Gasteiger partial charge in [0.05, 0.1) is 17.8 Å². The summed E-state index contributed by atoms with van der Waals surface area (Å²) >= 11 is 0. The van der Waals surface area contributed by atoms with E-state index in [0.717, 1.165) is 12.8 Å². The van der Waals surface area contributed by atoms with E-state index in [1.54, 1.807) is 41.6 Å². The van der Waals surface area contributed by atoms with Crippen molar-refractivity contribution in [2.45, 2.75) is 18.8 Å². The number of urea groups is 1. The number of hydrogen-bond donors (Lipinski definition) is 1. The van der Waals surface area contributed by atoms with Crippen LogP contribution < -0.4 is 5.32 Å². The highest BCUT2D eigenvalue weighted by molar-refractivity contribution is 5.89. The molecule has 0 saturated carbocycles. The molecule has 1 atom stereocenters. The Labute approximate surface area is 155 Å². The van der Waals surface area contributed by atoms with Gasteiger partial charge in [0.2, 0.25) is 11.7 Å².